The highest BCUT2D eigenvalue weighted by molar-refractivity contribution is 5.26. The molecule has 0 saturated heterocycles. The number of hydrogen-bond donors (Lipinski definition) is 1. The lowest BCUT2D eigenvalue weighted by Crippen LogP contribution is -2.21. The maximum absolute atomic E-state index is 11.9. The van der Waals surface area contributed by atoms with E-state index in [0.29, 0.717) is 6.54 Å². The van der Waals surface area contributed by atoms with Crippen molar-refractivity contribution in [2.24, 2.45) is 0 Å². The van der Waals surface area contributed by atoms with Gasteiger partial charge in [0.15, 0.2) is 0 Å². The van der Waals surface area contributed by atoms with Crippen LogP contribution in [0.1, 0.15) is 30.3 Å². The quantitative estimate of drug-likeness (QED) is 0.792. The van der Waals surface area contributed by atoms with Gasteiger partial charge >= 0.3 is 6.18 Å². The molecule has 1 N–H and O–H groups in total. The Bertz CT molecular complexity index is 367. The summed E-state index contributed by atoms with van der Waals surface area (Å²) in [5, 5.41) is 2.83. The average Bonchev–Trinajstić information content (AvgIpc) is 2.47. The van der Waals surface area contributed by atoms with E-state index in [1.54, 1.807) is 0 Å². The number of nitrogens with one attached hydrogen (secondary N) is 1. The van der Waals surface area contributed by atoms with Gasteiger partial charge in [-0.2, -0.15) is 13.2 Å². The molecule has 17 heavy (non-hydrogen) atoms. The predicted molar refractivity (Wildman–Crippen MR) is 62.0 cm³/mol. The van der Waals surface area contributed by atoms with Gasteiger partial charge in [0, 0.05) is 31.0 Å². The minimum atomic E-state index is -4.08. The van der Waals surface area contributed by atoms with Crippen molar-refractivity contribution in [3.05, 3.63) is 23.0 Å². The van der Waals surface area contributed by atoms with Crippen LogP contribution in [0.4, 0.5) is 13.2 Å². The molecule has 1 heterocycles. The van der Waals surface area contributed by atoms with Gasteiger partial charge < -0.3 is 9.88 Å². The summed E-state index contributed by atoms with van der Waals surface area (Å²) in [6.45, 7) is 7.42. The lowest BCUT2D eigenvalue weighted by Gasteiger charge is -2.08. The van der Waals surface area contributed by atoms with Crippen molar-refractivity contribution >= 4 is 0 Å². The summed E-state index contributed by atoms with van der Waals surface area (Å²) in [6.07, 6.45) is -4.85. The first-order chi connectivity index (χ1) is 7.85. The van der Waals surface area contributed by atoms with Crippen LogP contribution in [0.2, 0.25) is 0 Å². The molecule has 0 saturated carbocycles. The van der Waals surface area contributed by atoms with Crippen molar-refractivity contribution in [3.8, 4) is 0 Å². The highest BCUT2D eigenvalue weighted by Gasteiger charge is 2.25. The summed E-state index contributed by atoms with van der Waals surface area (Å²) in [6, 6.07) is 2.03. The molecule has 0 atom stereocenters. The van der Waals surface area contributed by atoms with Crippen molar-refractivity contribution in [2.75, 3.05) is 6.54 Å². The SMILES string of the molecule is CCn1c(C)cc(CNCCC(F)(F)F)c1C. The van der Waals surface area contributed by atoms with E-state index in [0.717, 1.165) is 23.5 Å². The van der Waals surface area contributed by atoms with E-state index in [1.807, 2.05) is 19.9 Å². The fourth-order valence-corrected chi connectivity index (χ4v) is 1.99. The molecule has 0 radical (unpaired) electrons. The van der Waals surface area contributed by atoms with E-state index in [2.05, 4.69) is 16.8 Å². The van der Waals surface area contributed by atoms with Crippen LogP contribution in [-0.2, 0) is 13.1 Å². The molecule has 2 nitrogen and oxygen atoms in total. The second kappa shape index (κ2) is 5.58. The molecule has 1 aromatic rings. The number of rotatable bonds is 5. The number of halogens is 3. The van der Waals surface area contributed by atoms with Crippen LogP contribution in [0.25, 0.3) is 0 Å². The van der Waals surface area contributed by atoms with Crippen molar-refractivity contribution < 1.29 is 13.2 Å². The summed E-state index contributed by atoms with van der Waals surface area (Å²) in [5.41, 5.74) is 3.36. The maximum Gasteiger partial charge on any atom is 0.390 e. The van der Waals surface area contributed by atoms with E-state index >= 15 is 0 Å². The van der Waals surface area contributed by atoms with Gasteiger partial charge in [-0.3, -0.25) is 0 Å². The van der Waals surface area contributed by atoms with E-state index in [1.165, 1.54) is 0 Å². The van der Waals surface area contributed by atoms with E-state index in [4.69, 9.17) is 0 Å². The lowest BCUT2D eigenvalue weighted by molar-refractivity contribution is -0.133. The lowest BCUT2D eigenvalue weighted by atomic mass is 10.2. The molecule has 0 unspecified atom stereocenters. The molecule has 0 aliphatic heterocycles. The summed E-state index contributed by atoms with van der Waals surface area (Å²) in [7, 11) is 0. The van der Waals surface area contributed by atoms with Gasteiger partial charge in [-0.15, -0.1) is 0 Å². The van der Waals surface area contributed by atoms with Gasteiger partial charge in [-0.1, -0.05) is 0 Å². The third-order valence-electron chi connectivity index (χ3n) is 2.90. The minimum Gasteiger partial charge on any atom is -0.349 e. The Balaban J connectivity index is 2.47. The molecule has 0 bridgehead atoms. The first-order valence-electron chi connectivity index (χ1n) is 5.78. The first kappa shape index (κ1) is 14.1. The molecule has 0 fully saturated rings. The Morgan fingerprint density at radius 2 is 1.94 bits per heavy atom. The minimum absolute atomic E-state index is 0.0285. The first-order valence-corrected chi connectivity index (χ1v) is 5.78. The smallest absolute Gasteiger partial charge is 0.349 e. The van der Waals surface area contributed by atoms with Crippen molar-refractivity contribution in [1.29, 1.82) is 0 Å². The summed E-state index contributed by atoms with van der Waals surface area (Å²) in [4.78, 5) is 0. The zero-order valence-electron chi connectivity index (χ0n) is 10.5. The van der Waals surface area contributed by atoms with E-state index in [9.17, 15) is 13.2 Å². The summed E-state index contributed by atoms with van der Waals surface area (Å²) in [5.74, 6) is 0. The van der Waals surface area contributed by atoms with Crippen LogP contribution >= 0.6 is 0 Å². The second-order valence-electron chi connectivity index (χ2n) is 4.18. The normalized spacial score (nSPS) is 12.1. The molecular weight excluding hydrogens is 229 g/mol. The van der Waals surface area contributed by atoms with Gasteiger partial charge in [-0.05, 0) is 32.4 Å². The van der Waals surface area contributed by atoms with E-state index in [-0.39, 0.29) is 6.54 Å². The van der Waals surface area contributed by atoms with Crippen LogP contribution in [0.15, 0.2) is 6.07 Å². The molecule has 0 aliphatic rings. The molecule has 0 aliphatic carbocycles. The van der Waals surface area contributed by atoms with Crippen molar-refractivity contribution in [3.63, 3.8) is 0 Å². The van der Waals surface area contributed by atoms with Gasteiger partial charge in [0.1, 0.15) is 0 Å². The Morgan fingerprint density at radius 1 is 1.29 bits per heavy atom. The molecule has 0 spiro atoms. The van der Waals surface area contributed by atoms with Crippen molar-refractivity contribution in [2.45, 2.75) is 46.5 Å². The van der Waals surface area contributed by atoms with Gasteiger partial charge in [-0.25, -0.2) is 0 Å². The molecule has 1 rings (SSSR count). The highest BCUT2D eigenvalue weighted by Crippen LogP contribution is 2.19. The van der Waals surface area contributed by atoms with Crippen LogP contribution in [0, 0.1) is 13.8 Å². The van der Waals surface area contributed by atoms with Crippen LogP contribution in [0.5, 0.6) is 0 Å². The Kier molecular flexibility index (Phi) is 4.62. The van der Waals surface area contributed by atoms with E-state index < -0.39 is 12.6 Å². The third-order valence-corrected chi connectivity index (χ3v) is 2.90. The largest absolute Gasteiger partial charge is 0.390 e. The monoisotopic (exact) mass is 248 g/mol. The number of aromatic nitrogens is 1. The average molecular weight is 248 g/mol. The van der Waals surface area contributed by atoms with Crippen LogP contribution < -0.4 is 5.32 Å². The molecule has 5 heteroatoms. The summed E-state index contributed by atoms with van der Waals surface area (Å²) >= 11 is 0. The van der Waals surface area contributed by atoms with Gasteiger partial charge in [0.05, 0.1) is 6.42 Å². The standard InChI is InChI=1S/C12H19F3N2/c1-4-17-9(2)7-11(10(17)3)8-16-6-5-12(13,14)15/h7,16H,4-6,8H2,1-3H3. The van der Waals surface area contributed by atoms with Gasteiger partial charge in [0.25, 0.3) is 0 Å². The maximum atomic E-state index is 11.9. The Hall–Kier alpha value is -0.970. The Labute approximate surface area is 99.8 Å². The van der Waals surface area contributed by atoms with Crippen LogP contribution in [-0.4, -0.2) is 17.3 Å². The third kappa shape index (κ3) is 4.07. The zero-order chi connectivity index (χ0) is 13.1. The zero-order valence-corrected chi connectivity index (χ0v) is 10.5. The molecule has 0 amide bonds. The number of aryl methyl sites for hydroxylation is 1. The number of alkyl halides is 3. The number of nitrogens with zero attached hydrogens (tertiary/aromatic N) is 1. The predicted octanol–water partition coefficient (Wildman–Crippen LogP) is 3.17. The van der Waals surface area contributed by atoms with Gasteiger partial charge in [0.2, 0.25) is 0 Å². The molecule has 1 aromatic heterocycles. The molecule has 98 valence electrons. The van der Waals surface area contributed by atoms with Crippen LogP contribution in [0.3, 0.4) is 0 Å². The number of hydrogen-bond acceptors (Lipinski definition) is 1. The summed E-state index contributed by atoms with van der Waals surface area (Å²) < 4.78 is 38.0. The molecular formula is C12H19F3N2. The fraction of sp³-hybridized carbons (Fsp3) is 0.667. The Morgan fingerprint density at radius 3 is 2.41 bits per heavy atom. The topological polar surface area (TPSA) is 17.0 Å². The highest BCUT2D eigenvalue weighted by atomic mass is 19.4. The molecule has 0 aromatic carbocycles. The fourth-order valence-electron chi connectivity index (χ4n) is 1.99. The van der Waals surface area contributed by atoms with Crippen molar-refractivity contribution in [1.82, 2.24) is 9.88 Å². The second-order valence-corrected chi connectivity index (χ2v) is 4.18.